The summed E-state index contributed by atoms with van der Waals surface area (Å²) in [6.45, 7) is 0. The lowest BCUT2D eigenvalue weighted by atomic mass is 10.1. The standard InChI is InChI=1S/C54H36N2SSi/c1-4-16-39(17-5-1)58(40-18-6-2-7-19-40,41-20-8-3-9-21-41)42-30-33-54-48(36-42)47-35-38(29-32-53(47)57-54)56-51-27-15-12-24-45(51)46-34-37(28-31-52(46)56)55-49-25-13-10-22-43(49)44-23-11-14-26-50(44)55/h1-36H. The molecule has 58 heavy (non-hydrogen) atoms. The third-order valence-electron chi connectivity index (χ3n) is 12.3. The maximum atomic E-state index is 2.53. The number of hydrogen-bond acceptors (Lipinski definition) is 1. The van der Waals surface area contributed by atoms with Crippen molar-refractivity contribution in [2.24, 2.45) is 0 Å². The number of fused-ring (bicyclic) bond motifs is 9. The Morgan fingerprint density at radius 1 is 0.276 bits per heavy atom. The first-order valence-electron chi connectivity index (χ1n) is 19.9. The Labute approximate surface area is 341 Å². The van der Waals surface area contributed by atoms with Gasteiger partial charge in [0.25, 0.3) is 0 Å². The average Bonchev–Trinajstić information content (AvgIpc) is 3.95. The number of para-hydroxylation sites is 3. The van der Waals surface area contributed by atoms with Gasteiger partial charge in [-0.15, -0.1) is 11.3 Å². The van der Waals surface area contributed by atoms with E-state index < -0.39 is 8.07 Å². The zero-order valence-corrected chi connectivity index (χ0v) is 33.4. The molecule has 0 saturated heterocycles. The average molecular weight is 773 g/mol. The van der Waals surface area contributed by atoms with E-state index in [0.717, 1.165) is 0 Å². The first kappa shape index (κ1) is 33.2. The molecule has 0 N–H and O–H groups in total. The van der Waals surface area contributed by atoms with E-state index >= 15 is 0 Å². The topological polar surface area (TPSA) is 9.86 Å². The van der Waals surface area contributed by atoms with E-state index in [1.807, 2.05) is 11.3 Å². The molecule has 4 heteroatoms. The van der Waals surface area contributed by atoms with Gasteiger partial charge in [-0.25, -0.2) is 0 Å². The molecule has 0 aliphatic rings. The van der Waals surface area contributed by atoms with Crippen LogP contribution >= 0.6 is 11.3 Å². The van der Waals surface area contributed by atoms with E-state index in [9.17, 15) is 0 Å². The Morgan fingerprint density at radius 2 is 0.655 bits per heavy atom. The lowest BCUT2D eigenvalue weighted by molar-refractivity contribution is 1.17. The van der Waals surface area contributed by atoms with E-state index in [1.54, 1.807) is 0 Å². The zero-order chi connectivity index (χ0) is 38.2. The Hall–Kier alpha value is -6.98. The van der Waals surface area contributed by atoms with Crippen molar-refractivity contribution in [3.05, 3.63) is 218 Å². The molecule has 3 aromatic heterocycles. The summed E-state index contributed by atoms with van der Waals surface area (Å²) in [5.74, 6) is 0. The SMILES string of the molecule is c1ccc([Si](c2ccccc2)(c2ccccc2)c2ccc3sc4ccc(-n5c6ccccc6c6cc(-n7c8ccccc8c8ccccc87)ccc65)cc4c3c2)cc1. The van der Waals surface area contributed by atoms with Crippen LogP contribution in [0.5, 0.6) is 0 Å². The third kappa shape index (κ3) is 4.83. The summed E-state index contributed by atoms with van der Waals surface area (Å²) < 4.78 is 7.49. The van der Waals surface area contributed by atoms with Gasteiger partial charge in [-0.1, -0.05) is 158 Å². The number of rotatable bonds is 6. The van der Waals surface area contributed by atoms with E-state index in [1.165, 1.54) is 95.9 Å². The molecule has 0 aliphatic heterocycles. The van der Waals surface area contributed by atoms with Crippen molar-refractivity contribution in [3.63, 3.8) is 0 Å². The number of benzene rings is 9. The zero-order valence-electron chi connectivity index (χ0n) is 31.6. The van der Waals surface area contributed by atoms with Gasteiger partial charge in [0.15, 0.2) is 8.07 Å². The fourth-order valence-electron chi connectivity index (χ4n) is 9.78. The summed E-state index contributed by atoms with van der Waals surface area (Å²) in [5.41, 5.74) is 7.20. The Morgan fingerprint density at radius 3 is 1.17 bits per heavy atom. The molecule has 0 atom stereocenters. The molecule has 0 amide bonds. The van der Waals surface area contributed by atoms with Gasteiger partial charge in [0.05, 0.1) is 22.1 Å². The minimum Gasteiger partial charge on any atom is -0.309 e. The Kier molecular flexibility index (Phi) is 7.46. The molecule has 3 heterocycles. The number of aromatic nitrogens is 2. The molecule has 12 aromatic rings. The van der Waals surface area contributed by atoms with Crippen LogP contribution in [-0.4, -0.2) is 17.2 Å². The van der Waals surface area contributed by atoms with E-state index in [4.69, 9.17) is 0 Å². The highest BCUT2D eigenvalue weighted by atomic mass is 32.1. The van der Waals surface area contributed by atoms with E-state index in [0.29, 0.717) is 0 Å². The van der Waals surface area contributed by atoms with Crippen LogP contribution in [0.15, 0.2) is 218 Å². The molecule has 12 rings (SSSR count). The number of hydrogen-bond donors (Lipinski definition) is 0. The predicted octanol–water partition coefficient (Wildman–Crippen LogP) is 11.6. The van der Waals surface area contributed by atoms with Gasteiger partial charge in [-0.05, 0) is 81.4 Å². The summed E-state index contributed by atoms with van der Waals surface area (Å²) >= 11 is 1.89. The van der Waals surface area contributed by atoms with Crippen molar-refractivity contribution in [2.75, 3.05) is 0 Å². The lowest BCUT2D eigenvalue weighted by Gasteiger charge is -2.34. The van der Waals surface area contributed by atoms with Crippen molar-refractivity contribution >= 4 is 104 Å². The highest BCUT2D eigenvalue weighted by Crippen LogP contribution is 2.39. The third-order valence-corrected chi connectivity index (χ3v) is 18.2. The molecule has 0 bridgehead atoms. The quantitative estimate of drug-likeness (QED) is 0.118. The van der Waals surface area contributed by atoms with Crippen molar-refractivity contribution in [2.45, 2.75) is 0 Å². The second-order valence-electron chi connectivity index (χ2n) is 15.3. The maximum Gasteiger partial charge on any atom is 0.179 e. The van der Waals surface area contributed by atoms with Gasteiger partial charge < -0.3 is 9.13 Å². The molecule has 0 radical (unpaired) electrons. The smallest absolute Gasteiger partial charge is 0.179 e. The van der Waals surface area contributed by atoms with Crippen molar-refractivity contribution in [1.82, 2.24) is 9.13 Å². The number of thiophene rings is 1. The van der Waals surface area contributed by atoms with E-state index in [2.05, 4.69) is 228 Å². The lowest BCUT2D eigenvalue weighted by Crippen LogP contribution is -2.74. The summed E-state index contributed by atoms with van der Waals surface area (Å²) in [4.78, 5) is 0. The second kappa shape index (κ2) is 13.0. The minimum absolute atomic E-state index is 1.17. The van der Waals surface area contributed by atoms with Crippen LogP contribution in [0, 0.1) is 0 Å². The normalized spacial score (nSPS) is 12.1. The van der Waals surface area contributed by atoms with Crippen molar-refractivity contribution in [3.8, 4) is 11.4 Å². The summed E-state index contributed by atoms with van der Waals surface area (Å²) in [6.07, 6.45) is 0. The van der Waals surface area contributed by atoms with Crippen molar-refractivity contribution < 1.29 is 0 Å². The van der Waals surface area contributed by atoms with Gasteiger partial charge >= 0.3 is 0 Å². The van der Waals surface area contributed by atoms with Crippen LogP contribution < -0.4 is 20.7 Å². The molecule has 272 valence electrons. The van der Waals surface area contributed by atoms with Gasteiger partial charge in [-0.2, -0.15) is 0 Å². The van der Waals surface area contributed by atoms with Crippen LogP contribution in [0.1, 0.15) is 0 Å². The van der Waals surface area contributed by atoms with Crippen LogP contribution in [0.3, 0.4) is 0 Å². The number of nitrogens with zero attached hydrogens (tertiary/aromatic N) is 2. The van der Waals surface area contributed by atoms with Gasteiger partial charge in [0.2, 0.25) is 0 Å². The molecule has 0 spiro atoms. The van der Waals surface area contributed by atoms with Gasteiger partial charge in [0, 0.05) is 53.1 Å². The van der Waals surface area contributed by atoms with Gasteiger partial charge in [-0.3, -0.25) is 0 Å². The first-order chi connectivity index (χ1) is 28.8. The molecular weight excluding hydrogens is 737 g/mol. The largest absolute Gasteiger partial charge is 0.309 e. The molecule has 9 aromatic carbocycles. The highest BCUT2D eigenvalue weighted by molar-refractivity contribution is 7.26. The molecular formula is C54H36N2SSi. The van der Waals surface area contributed by atoms with Crippen LogP contribution in [0.4, 0.5) is 0 Å². The molecule has 0 saturated carbocycles. The molecule has 0 unspecified atom stereocenters. The van der Waals surface area contributed by atoms with Crippen molar-refractivity contribution in [1.29, 1.82) is 0 Å². The fraction of sp³-hybridized carbons (Fsp3) is 0. The van der Waals surface area contributed by atoms with Crippen LogP contribution in [0.25, 0.3) is 75.2 Å². The van der Waals surface area contributed by atoms with Crippen LogP contribution in [0.2, 0.25) is 0 Å². The molecule has 0 aliphatic carbocycles. The molecule has 0 fully saturated rings. The first-order valence-corrected chi connectivity index (χ1v) is 22.7. The minimum atomic E-state index is -2.68. The summed E-state index contributed by atoms with van der Waals surface area (Å²) in [5, 5.41) is 13.2. The summed E-state index contributed by atoms with van der Waals surface area (Å²) in [6, 6.07) is 81.4. The van der Waals surface area contributed by atoms with Gasteiger partial charge in [0.1, 0.15) is 0 Å². The summed E-state index contributed by atoms with van der Waals surface area (Å²) in [7, 11) is -2.68. The fourth-order valence-corrected chi connectivity index (χ4v) is 15.6. The maximum absolute atomic E-state index is 2.68. The van der Waals surface area contributed by atoms with E-state index in [-0.39, 0.29) is 0 Å². The Balaban J connectivity index is 1.08. The Bertz CT molecular complexity index is 3360. The molecule has 2 nitrogen and oxygen atoms in total. The second-order valence-corrected chi connectivity index (χ2v) is 20.2. The highest BCUT2D eigenvalue weighted by Gasteiger charge is 2.41. The predicted molar refractivity (Wildman–Crippen MR) is 252 cm³/mol. The monoisotopic (exact) mass is 772 g/mol. The van der Waals surface area contributed by atoms with Crippen LogP contribution in [-0.2, 0) is 0 Å².